The van der Waals surface area contributed by atoms with E-state index in [9.17, 15) is 0 Å². The van der Waals surface area contributed by atoms with Gasteiger partial charge < -0.3 is 9.05 Å². The third-order valence-electron chi connectivity index (χ3n) is 1.32. The predicted octanol–water partition coefficient (Wildman–Crippen LogP) is 3.42. The molecule has 1 unspecified atom stereocenters. The molecule has 0 aliphatic carbocycles. The minimum atomic E-state index is -2.47. The van der Waals surface area contributed by atoms with Crippen molar-refractivity contribution in [3.05, 3.63) is 43.0 Å². The van der Waals surface area contributed by atoms with E-state index in [1.54, 1.807) is 6.08 Å². The summed E-state index contributed by atoms with van der Waals surface area (Å²) in [5.74, 6) is 0.676. The molecular weight excluding hydrogens is 235 g/mol. The lowest BCUT2D eigenvalue weighted by molar-refractivity contribution is 0.365. The molecule has 5 heteroatoms. The largest absolute Gasteiger partial charge is 0.436 e. The lowest BCUT2D eigenvalue weighted by Gasteiger charge is -2.16. The van der Waals surface area contributed by atoms with E-state index in [1.807, 2.05) is 30.3 Å². The number of hydrogen-bond acceptors (Lipinski definition) is 3. The number of para-hydroxylation sites is 1. The smallest absolute Gasteiger partial charge is 0.294 e. The molecule has 14 heavy (non-hydrogen) atoms. The predicted molar refractivity (Wildman–Crippen MR) is 66.5 cm³/mol. The first-order valence-electron chi connectivity index (χ1n) is 3.97. The molecule has 0 aliphatic heterocycles. The molecule has 0 bridgehead atoms. The molecule has 2 nitrogen and oxygen atoms in total. The quantitative estimate of drug-likeness (QED) is 0.488. The highest BCUT2D eigenvalue weighted by Gasteiger charge is 2.13. The Balaban J connectivity index is 2.59. The van der Waals surface area contributed by atoms with Crippen molar-refractivity contribution < 1.29 is 9.05 Å². The summed E-state index contributed by atoms with van der Waals surface area (Å²) >= 11 is 9.24. The Morgan fingerprint density at radius 2 is 2.07 bits per heavy atom. The number of thiol groups is 1. The van der Waals surface area contributed by atoms with E-state index < -0.39 is 5.69 Å². The Bertz CT molecular complexity index is 340. The molecule has 0 aliphatic rings. The van der Waals surface area contributed by atoms with Gasteiger partial charge in [0.25, 0.3) is 5.69 Å². The molecule has 1 rings (SSSR count). The first kappa shape index (κ1) is 11.8. The highest BCUT2D eigenvalue weighted by Crippen LogP contribution is 2.52. The SMILES string of the molecule is C=CCOP(=S)(S)Oc1ccccc1. The maximum atomic E-state index is 5.42. The zero-order valence-electron chi connectivity index (χ0n) is 7.50. The Kier molecular flexibility index (Phi) is 4.69. The molecule has 0 heterocycles. The Labute approximate surface area is 94.3 Å². The highest BCUT2D eigenvalue weighted by atomic mass is 32.9. The van der Waals surface area contributed by atoms with E-state index in [1.165, 1.54) is 0 Å². The molecule has 0 radical (unpaired) electrons. The van der Waals surface area contributed by atoms with E-state index in [2.05, 4.69) is 18.8 Å². The summed E-state index contributed by atoms with van der Waals surface area (Å²) in [6, 6.07) is 9.26. The average Bonchev–Trinajstić information content (AvgIpc) is 2.16. The van der Waals surface area contributed by atoms with Crippen LogP contribution in [0, 0.1) is 0 Å². The van der Waals surface area contributed by atoms with Gasteiger partial charge in [-0.3, -0.25) is 0 Å². The van der Waals surface area contributed by atoms with Crippen molar-refractivity contribution in [3.63, 3.8) is 0 Å². The molecule has 0 saturated carbocycles. The van der Waals surface area contributed by atoms with Crippen LogP contribution in [0.15, 0.2) is 43.0 Å². The third kappa shape index (κ3) is 4.29. The second-order valence-corrected chi connectivity index (χ2v) is 7.67. The summed E-state index contributed by atoms with van der Waals surface area (Å²) in [7, 11) is 0. The van der Waals surface area contributed by atoms with Gasteiger partial charge in [0, 0.05) is 0 Å². The zero-order valence-corrected chi connectivity index (χ0v) is 10.1. The van der Waals surface area contributed by atoms with Crippen LogP contribution >= 0.6 is 17.9 Å². The van der Waals surface area contributed by atoms with E-state index in [-0.39, 0.29) is 0 Å². The molecule has 0 spiro atoms. The fourth-order valence-electron chi connectivity index (χ4n) is 0.788. The van der Waals surface area contributed by atoms with Crippen LogP contribution in [-0.2, 0) is 16.3 Å². The van der Waals surface area contributed by atoms with Crippen molar-refractivity contribution in [2.45, 2.75) is 0 Å². The van der Waals surface area contributed by atoms with Crippen LogP contribution in [0.4, 0.5) is 0 Å². The summed E-state index contributed by atoms with van der Waals surface area (Å²) in [6.07, 6.45) is 1.62. The Morgan fingerprint density at radius 1 is 1.43 bits per heavy atom. The minimum absolute atomic E-state index is 0.355. The Morgan fingerprint density at radius 3 is 2.64 bits per heavy atom. The van der Waals surface area contributed by atoms with Gasteiger partial charge in [-0.1, -0.05) is 36.5 Å². The maximum absolute atomic E-state index is 5.42. The van der Waals surface area contributed by atoms with Crippen LogP contribution in [0.5, 0.6) is 5.75 Å². The summed E-state index contributed by atoms with van der Waals surface area (Å²) < 4.78 is 10.7. The van der Waals surface area contributed by atoms with Crippen molar-refractivity contribution in [1.82, 2.24) is 0 Å². The molecule has 0 saturated heterocycles. The van der Waals surface area contributed by atoms with Gasteiger partial charge in [0.05, 0.1) is 6.61 Å². The van der Waals surface area contributed by atoms with Crippen molar-refractivity contribution >= 4 is 29.7 Å². The second-order valence-electron chi connectivity index (χ2n) is 2.46. The first-order chi connectivity index (χ1) is 6.64. The molecule has 1 atom stereocenters. The number of rotatable bonds is 5. The third-order valence-corrected chi connectivity index (χ3v) is 3.37. The molecular formula is C9H11O2PS2. The van der Waals surface area contributed by atoms with Gasteiger partial charge in [0.2, 0.25) is 0 Å². The van der Waals surface area contributed by atoms with Gasteiger partial charge in [-0.15, -0.1) is 6.58 Å². The number of hydrogen-bond donors (Lipinski definition) is 1. The van der Waals surface area contributed by atoms with Gasteiger partial charge >= 0.3 is 0 Å². The summed E-state index contributed by atoms with van der Waals surface area (Å²) in [5, 5.41) is 0. The standard InChI is InChI=1S/C9H11O2PS2/c1-2-8-10-12(13,14)11-9-6-4-3-5-7-9/h2-7H,1,8H2,(H,13,14). The first-order valence-corrected chi connectivity index (χ1v) is 7.76. The summed E-state index contributed by atoms with van der Waals surface area (Å²) in [4.78, 5) is 0. The van der Waals surface area contributed by atoms with E-state index in [4.69, 9.17) is 20.9 Å². The van der Waals surface area contributed by atoms with Crippen molar-refractivity contribution in [2.24, 2.45) is 0 Å². The van der Waals surface area contributed by atoms with Crippen molar-refractivity contribution in [1.29, 1.82) is 0 Å². The molecule has 0 N–H and O–H groups in total. The fourth-order valence-corrected chi connectivity index (χ4v) is 2.45. The van der Waals surface area contributed by atoms with Gasteiger partial charge in [-0.05, 0) is 23.9 Å². The molecule has 0 amide bonds. The summed E-state index contributed by atoms with van der Waals surface area (Å²) in [5.41, 5.74) is -2.47. The zero-order chi connectivity index (χ0) is 10.4. The van der Waals surface area contributed by atoms with E-state index in [0.717, 1.165) is 0 Å². The van der Waals surface area contributed by atoms with E-state index >= 15 is 0 Å². The lowest BCUT2D eigenvalue weighted by Crippen LogP contribution is -1.92. The van der Waals surface area contributed by atoms with Crippen molar-refractivity contribution in [3.8, 4) is 5.75 Å². The normalized spacial score (nSPS) is 14.4. The van der Waals surface area contributed by atoms with E-state index in [0.29, 0.717) is 12.4 Å². The topological polar surface area (TPSA) is 18.5 Å². The van der Waals surface area contributed by atoms with Crippen LogP contribution in [0.2, 0.25) is 0 Å². The van der Waals surface area contributed by atoms with Crippen LogP contribution in [-0.4, -0.2) is 6.61 Å². The maximum Gasteiger partial charge on any atom is 0.294 e. The van der Waals surface area contributed by atoms with Gasteiger partial charge in [0.1, 0.15) is 5.75 Å². The van der Waals surface area contributed by atoms with Crippen LogP contribution in [0.3, 0.4) is 0 Å². The molecule has 0 fully saturated rings. The number of benzene rings is 1. The van der Waals surface area contributed by atoms with Gasteiger partial charge in [0.15, 0.2) is 0 Å². The van der Waals surface area contributed by atoms with Crippen LogP contribution in [0.25, 0.3) is 0 Å². The average molecular weight is 246 g/mol. The minimum Gasteiger partial charge on any atom is -0.436 e. The lowest BCUT2D eigenvalue weighted by atomic mass is 10.3. The van der Waals surface area contributed by atoms with Gasteiger partial charge in [-0.2, -0.15) is 0 Å². The second kappa shape index (κ2) is 5.56. The Hall–Kier alpha value is -0.280. The van der Waals surface area contributed by atoms with Crippen LogP contribution in [0.1, 0.15) is 0 Å². The summed E-state index contributed by atoms with van der Waals surface area (Å²) in [6.45, 7) is 3.88. The fraction of sp³-hybridized carbons (Fsp3) is 0.111. The molecule has 1 aromatic carbocycles. The molecule has 76 valence electrons. The molecule has 1 aromatic rings. The van der Waals surface area contributed by atoms with Gasteiger partial charge in [-0.25, -0.2) is 0 Å². The van der Waals surface area contributed by atoms with Crippen molar-refractivity contribution in [2.75, 3.05) is 6.61 Å². The van der Waals surface area contributed by atoms with Crippen LogP contribution < -0.4 is 4.52 Å². The molecule has 0 aromatic heterocycles. The highest BCUT2D eigenvalue weighted by molar-refractivity contribution is 8.60. The monoisotopic (exact) mass is 246 g/mol.